The van der Waals surface area contributed by atoms with Crippen LogP contribution in [0.2, 0.25) is 0 Å². The Kier molecular flexibility index (Phi) is 6.26. The standard InChI is InChI=1S/C27H29N4OP/c1-17-11-21(15-28-14-17)27(19-7-8-19)31-22-6-4-5-20(12-22)18(2)30-26-16-29-24-13-23(32-3)9-10-25(24)33-26/h4-6,9-16,18,26,30-31,33H,7-8H2,1-3H3. The number of nitrogens with one attached hydrogen (secondary N) is 2. The molecule has 2 aromatic carbocycles. The van der Waals surface area contributed by atoms with Crippen LogP contribution in [0.1, 0.15) is 42.5 Å². The summed E-state index contributed by atoms with van der Waals surface area (Å²) >= 11 is 0. The zero-order valence-corrected chi connectivity index (χ0v) is 20.2. The van der Waals surface area contributed by atoms with Crippen molar-refractivity contribution < 1.29 is 4.74 Å². The van der Waals surface area contributed by atoms with Gasteiger partial charge in [-0.05, 0) is 73.7 Å². The van der Waals surface area contributed by atoms with Gasteiger partial charge in [-0.15, -0.1) is 0 Å². The van der Waals surface area contributed by atoms with E-state index in [4.69, 9.17) is 4.74 Å². The number of benzene rings is 2. The minimum Gasteiger partial charge on any atom is -0.497 e. The summed E-state index contributed by atoms with van der Waals surface area (Å²) in [6.45, 7) is 4.30. The summed E-state index contributed by atoms with van der Waals surface area (Å²) in [5.41, 5.74) is 8.38. The first kappa shape index (κ1) is 21.8. The van der Waals surface area contributed by atoms with Gasteiger partial charge in [0, 0.05) is 53.0 Å². The van der Waals surface area contributed by atoms with E-state index < -0.39 is 0 Å². The van der Waals surface area contributed by atoms with Crippen LogP contribution in [0.25, 0.3) is 5.70 Å². The van der Waals surface area contributed by atoms with Crippen molar-refractivity contribution in [1.82, 2.24) is 10.3 Å². The predicted octanol–water partition coefficient (Wildman–Crippen LogP) is 5.71. The molecule has 33 heavy (non-hydrogen) atoms. The highest BCUT2D eigenvalue weighted by Gasteiger charge is 2.21. The number of aliphatic imine (C=N–C) groups is 1. The summed E-state index contributed by atoms with van der Waals surface area (Å²) in [5.74, 6) is 1.07. The topological polar surface area (TPSA) is 58.5 Å². The van der Waals surface area contributed by atoms with Crippen molar-refractivity contribution in [1.29, 1.82) is 0 Å². The molecule has 6 heteroatoms. The number of anilines is 1. The van der Waals surface area contributed by atoms with Gasteiger partial charge in [-0.3, -0.25) is 15.3 Å². The molecule has 1 fully saturated rings. The van der Waals surface area contributed by atoms with E-state index in [0.717, 1.165) is 35.5 Å². The molecule has 1 aromatic heterocycles. The smallest absolute Gasteiger partial charge is 0.121 e. The van der Waals surface area contributed by atoms with Gasteiger partial charge in [0.25, 0.3) is 0 Å². The average molecular weight is 457 g/mol. The Hall–Kier alpha value is -3.01. The molecule has 1 aliphatic carbocycles. The number of nitrogens with zero attached hydrogens (tertiary/aromatic N) is 2. The zero-order chi connectivity index (χ0) is 22.8. The van der Waals surface area contributed by atoms with Crippen LogP contribution in [0, 0.1) is 6.92 Å². The number of ether oxygens (including phenoxy) is 1. The van der Waals surface area contributed by atoms with Crippen LogP contribution in [0.5, 0.6) is 5.75 Å². The number of fused-ring (bicyclic) bond motifs is 1. The van der Waals surface area contributed by atoms with Gasteiger partial charge < -0.3 is 10.1 Å². The second kappa shape index (κ2) is 9.46. The van der Waals surface area contributed by atoms with Crippen molar-refractivity contribution in [3.8, 4) is 5.75 Å². The van der Waals surface area contributed by atoms with Crippen LogP contribution < -0.4 is 20.7 Å². The summed E-state index contributed by atoms with van der Waals surface area (Å²) in [6.07, 6.45) is 8.19. The van der Waals surface area contributed by atoms with Gasteiger partial charge in [-0.1, -0.05) is 20.7 Å². The molecule has 5 nitrogen and oxygen atoms in total. The molecular weight excluding hydrogens is 427 g/mol. The molecule has 168 valence electrons. The van der Waals surface area contributed by atoms with Crippen LogP contribution in [-0.4, -0.2) is 24.1 Å². The van der Waals surface area contributed by atoms with Crippen LogP contribution >= 0.6 is 8.58 Å². The first-order chi connectivity index (χ1) is 16.1. The van der Waals surface area contributed by atoms with E-state index in [9.17, 15) is 0 Å². The SMILES string of the molecule is COc1ccc2c(c1)N=CC(NC(C)c1cccc(NC(=C3CC3)c3cncc(C)c3)c1)P2. The number of pyridine rings is 1. The Morgan fingerprint density at radius 2 is 2.00 bits per heavy atom. The molecule has 2 heterocycles. The fourth-order valence-corrected chi connectivity index (χ4v) is 5.36. The van der Waals surface area contributed by atoms with E-state index in [1.54, 1.807) is 7.11 Å². The quantitative estimate of drug-likeness (QED) is 0.447. The molecule has 3 aromatic rings. The Morgan fingerprint density at radius 3 is 2.79 bits per heavy atom. The van der Waals surface area contributed by atoms with E-state index >= 15 is 0 Å². The van der Waals surface area contributed by atoms with Crippen molar-refractivity contribution in [2.75, 3.05) is 12.4 Å². The largest absolute Gasteiger partial charge is 0.497 e. The van der Waals surface area contributed by atoms with Crippen molar-refractivity contribution in [3.63, 3.8) is 0 Å². The summed E-state index contributed by atoms with van der Waals surface area (Å²) in [4.78, 5) is 9.06. The zero-order valence-electron chi connectivity index (χ0n) is 19.2. The van der Waals surface area contributed by atoms with Crippen molar-refractivity contribution >= 4 is 37.2 Å². The van der Waals surface area contributed by atoms with E-state index in [1.165, 1.54) is 27.7 Å². The molecule has 1 aliphatic heterocycles. The maximum Gasteiger partial charge on any atom is 0.121 e. The molecule has 3 atom stereocenters. The molecular formula is C27H29N4OP. The number of allylic oxidation sites excluding steroid dienone is 1. The maximum absolute atomic E-state index is 5.32. The lowest BCUT2D eigenvalue weighted by molar-refractivity contribution is 0.415. The van der Waals surface area contributed by atoms with E-state index in [0.29, 0.717) is 8.58 Å². The molecule has 0 bridgehead atoms. The monoisotopic (exact) mass is 456 g/mol. The van der Waals surface area contributed by atoms with Gasteiger partial charge in [0.1, 0.15) is 5.75 Å². The molecule has 0 amide bonds. The van der Waals surface area contributed by atoms with Crippen molar-refractivity contribution in [2.45, 2.75) is 38.5 Å². The second-order valence-electron chi connectivity index (χ2n) is 8.65. The number of hydrogen-bond donors (Lipinski definition) is 2. The Labute approximate surface area is 197 Å². The number of aromatic nitrogens is 1. The molecule has 1 saturated carbocycles. The maximum atomic E-state index is 5.32. The lowest BCUT2D eigenvalue weighted by atomic mass is 10.1. The number of aryl methyl sites for hydroxylation is 1. The molecule has 2 N–H and O–H groups in total. The molecule has 0 saturated heterocycles. The van der Waals surface area contributed by atoms with E-state index in [1.807, 2.05) is 30.7 Å². The van der Waals surface area contributed by atoms with E-state index in [2.05, 4.69) is 70.9 Å². The Bertz CT molecular complexity index is 1230. The molecule has 3 unspecified atom stereocenters. The third kappa shape index (κ3) is 5.16. The molecule has 5 rings (SSSR count). The molecule has 0 spiro atoms. The normalized spacial score (nSPS) is 18.0. The van der Waals surface area contributed by atoms with Gasteiger partial charge in [-0.25, -0.2) is 0 Å². The highest BCUT2D eigenvalue weighted by atomic mass is 31.1. The summed E-state index contributed by atoms with van der Waals surface area (Å²) in [7, 11) is 2.32. The third-order valence-electron chi connectivity index (χ3n) is 5.98. The van der Waals surface area contributed by atoms with Gasteiger partial charge in [-0.2, -0.15) is 0 Å². The van der Waals surface area contributed by atoms with Gasteiger partial charge in [0.2, 0.25) is 0 Å². The minimum atomic E-state index is 0.202. The summed E-state index contributed by atoms with van der Waals surface area (Å²) in [5, 5.41) is 8.69. The van der Waals surface area contributed by atoms with Crippen molar-refractivity contribution in [3.05, 3.63) is 83.2 Å². The fourth-order valence-electron chi connectivity index (χ4n) is 4.08. The summed E-state index contributed by atoms with van der Waals surface area (Å²) < 4.78 is 5.32. The number of methoxy groups -OCH3 is 1. The Morgan fingerprint density at radius 1 is 1.12 bits per heavy atom. The highest BCUT2D eigenvalue weighted by Crippen LogP contribution is 2.37. The predicted molar refractivity (Wildman–Crippen MR) is 140 cm³/mol. The number of rotatable bonds is 7. The fraction of sp³-hybridized carbons (Fsp3) is 0.259. The van der Waals surface area contributed by atoms with Crippen LogP contribution in [-0.2, 0) is 0 Å². The highest BCUT2D eigenvalue weighted by molar-refractivity contribution is 7.49. The second-order valence-corrected chi connectivity index (χ2v) is 10.1. The van der Waals surface area contributed by atoms with E-state index in [-0.39, 0.29) is 11.8 Å². The third-order valence-corrected chi connectivity index (χ3v) is 7.34. The van der Waals surface area contributed by atoms with Crippen LogP contribution in [0.3, 0.4) is 0 Å². The minimum absolute atomic E-state index is 0.202. The average Bonchev–Trinajstić information content (AvgIpc) is 3.67. The summed E-state index contributed by atoms with van der Waals surface area (Å²) in [6, 6.07) is 17.2. The van der Waals surface area contributed by atoms with Crippen molar-refractivity contribution in [2.24, 2.45) is 4.99 Å². The van der Waals surface area contributed by atoms with Crippen LogP contribution in [0.15, 0.2) is 71.5 Å². The number of hydrogen-bond acceptors (Lipinski definition) is 5. The first-order valence-corrected chi connectivity index (χ1v) is 12.4. The first-order valence-electron chi connectivity index (χ1n) is 11.3. The van der Waals surface area contributed by atoms with Crippen LogP contribution in [0.4, 0.5) is 11.4 Å². The Balaban J connectivity index is 1.29. The van der Waals surface area contributed by atoms with Gasteiger partial charge >= 0.3 is 0 Å². The van der Waals surface area contributed by atoms with Gasteiger partial charge in [0.05, 0.1) is 18.6 Å². The lowest BCUT2D eigenvalue weighted by Gasteiger charge is -2.24. The van der Waals surface area contributed by atoms with Gasteiger partial charge in [0.15, 0.2) is 0 Å². The molecule has 2 aliphatic rings. The lowest BCUT2D eigenvalue weighted by Crippen LogP contribution is -2.32. The molecule has 0 radical (unpaired) electrons.